The number of methoxy groups -OCH3 is 1. The Hall–Kier alpha value is -2.24. The van der Waals surface area contributed by atoms with Gasteiger partial charge in [0.15, 0.2) is 17.3 Å². The molecule has 1 aromatic heterocycles. The van der Waals surface area contributed by atoms with Crippen LogP contribution in [0.2, 0.25) is 0 Å². The summed E-state index contributed by atoms with van der Waals surface area (Å²) < 4.78 is 23.1. The first-order valence-electron chi connectivity index (χ1n) is 4.41. The molecule has 0 spiro atoms. The van der Waals surface area contributed by atoms with Gasteiger partial charge in [-0.1, -0.05) is 5.16 Å². The number of phenolic OH excluding ortho intramolecular Hbond substituents is 1. The van der Waals surface area contributed by atoms with Gasteiger partial charge in [-0.15, -0.1) is 0 Å². The van der Waals surface area contributed by atoms with Gasteiger partial charge in [-0.2, -0.15) is 0 Å². The Morgan fingerprint density at radius 2 is 2.25 bits per heavy atom. The van der Waals surface area contributed by atoms with E-state index in [1.54, 1.807) is 0 Å². The maximum absolute atomic E-state index is 13.7. The SMILES string of the molecule is COc1ccc(-c2cc(N)on2)c(F)c1O. The molecule has 0 radical (unpaired) electrons. The molecule has 0 amide bonds. The molecule has 1 heterocycles. The third-order valence-corrected chi connectivity index (χ3v) is 2.10. The molecule has 0 bridgehead atoms. The zero-order valence-electron chi connectivity index (χ0n) is 8.40. The normalized spacial score (nSPS) is 10.4. The smallest absolute Gasteiger partial charge is 0.222 e. The van der Waals surface area contributed by atoms with E-state index in [0.717, 1.165) is 0 Å². The Balaban J connectivity index is 2.55. The molecule has 0 saturated heterocycles. The van der Waals surface area contributed by atoms with Gasteiger partial charge in [0.25, 0.3) is 0 Å². The van der Waals surface area contributed by atoms with E-state index in [-0.39, 0.29) is 22.9 Å². The number of hydrogen-bond donors (Lipinski definition) is 2. The molecule has 0 aliphatic carbocycles. The third kappa shape index (κ3) is 1.54. The Morgan fingerprint density at radius 3 is 2.81 bits per heavy atom. The van der Waals surface area contributed by atoms with Gasteiger partial charge < -0.3 is 20.1 Å². The number of nitrogens with two attached hydrogens (primary N) is 1. The molecule has 6 heteroatoms. The lowest BCUT2D eigenvalue weighted by molar-refractivity contribution is 0.357. The van der Waals surface area contributed by atoms with Gasteiger partial charge >= 0.3 is 0 Å². The molecule has 2 rings (SSSR count). The summed E-state index contributed by atoms with van der Waals surface area (Å²) >= 11 is 0. The topological polar surface area (TPSA) is 81.5 Å². The number of hydrogen-bond acceptors (Lipinski definition) is 5. The Morgan fingerprint density at radius 1 is 1.50 bits per heavy atom. The molecule has 0 saturated carbocycles. The van der Waals surface area contributed by atoms with E-state index in [1.165, 1.54) is 25.3 Å². The van der Waals surface area contributed by atoms with Crippen molar-refractivity contribution in [3.8, 4) is 22.8 Å². The summed E-state index contributed by atoms with van der Waals surface area (Å²) in [5, 5.41) is 13.0. The van der Waals surface area contributed by atoms with Crippen molar-refractivity contribution in [3.05, 3.63) is 24.0 Å². The van der Waals surface area contributed by atoms with Gasteiger partial charge in [-0.05, 0) is 12.1 Å². The number of halogens is 1. The number of phenols is 1. The van der Waals surface area contributed by atoms with Crippen molar-refractivity contribution in [1.29, 1.82) is 0 Å². The number of rotatable bonds is 2. The number of benzene rings is 1. The van der Waals surface area contributed by atoms with Crippen LogP contribution in [0.25, 0.3) is 11.3 Å². The first-order chi connectivity index (χ1) is 7.63. The lowest BCUT2D eigenvalue weighted by atomic mass is 10.1. The molecule has 2 aromatic rings. The predicted octanol–water partition coefficient (Wildman–Crippen LogP) is 1.78. The van der Waals surface area contributed by atoms with Crippen LogP contribution < -0.4 is 10.5 Å². The van der Waals surface area contributed by atoms with Crippen molar-refractivity contribution in [2.24, 2.45) is 0 Å². The summed E-state index contributed by atoms with van der Waals surface area (Å²) in [5.74, 6) is -1.27. The molecule has 16 heavy (non-hydrogen) atoms. The van der Waals surface area contributed by atoms with Crippen LogP contribution in [0.3, 0.4) is 0 Å². The van der Waals surface area contributed by atoms with Crippen LogP contribution in [0.4, 0.5) is 10.3 Å². The zero-order chi connectivity index (χ0) is 11.7. The van der Waals surface area contributed by atoms with E-state index in [9.17, 15) is 9.50 Å². The van der Waals surface area contributed by atoms with Crippen LogP contribution in [0.1, 0.15) is 0 Å². The number of nitrogen functional groups attached to an aromatic ring is 1. The molecule has 0 atom stereocenters. The van der Waals surface area contributed by atoms with E-state index >= 15 is 0 Å². The summed E-state index contributed by atoms with van der Waals surface area (Å²) in [6, 6.07) is 4.22. The fraction of sp³-hybridized carbons (Fsp3) is 0.100. The Labute approximate surface area is 90.2 Å². The zero-order valence-corrected chi connectivity index (χ0v) is 8.40. The average Bonchev–Trinajstić information content (AvgIpc) is 2.69. The summed E-state index contributed by atoms with van der Waals surface area (Å²) in [5.41, 5.74) is 5.63. The molecule has 1 aromatic carbocycles. The minimum absolute atomic E-state index is 0.0534. The van der Waals surface area contributed by atoms with E-state index in [0.29, 0.717) is 0 Å². The third-order valence-electron chi connectivity index (χ3n) is 2.10. The summed E-state index contributed by atoms with van der Waals surface area (Å²) in [4.78, 5) is 0. The highest BCUT2D eigenvalue weighted by molar-refractivity contribution is 5.66. The van der Waals surface area contributed by atoms with E-state index in [1.807, 2.05) is 0 Å². The van der Waals surface area contributed by atoms with Crippen LogP contribution in [-0.2, 0) is 0 Å². The van der Waals surface area contributed by atoms with Crippen molar-refractivity contribution in [1.82, 2.24) is 5.16 Å². The fourth-order valence-electron chi connectivity index (χ4n) is 1.33. The fourth-order valence-corrected chi connectivity index (χ4v) is 1.33. The quantitative estimate of drug-likeness (QED) is 0.812. The number of ether oxygens (including phenoxy) is 1. The second kappa shape index (κ2) is 3.73. The highest BCUT2D eigenvalue weighted by Crippen LogP contribution is 2.35. The molecule has 0 unspecified atom stereocenters. The lowest BCUT2D eigenvalue weighted by Gasteiger charge is -2.06. The summed E-state index contributed by atoms with van der Waals surface area (Å²) in [6.45, 7) is 0. The number of nitrogens with zero attached hydrogens (tertiary/aromatic N) is 1. The number of aromatic nitrogens is 1. The predicted molar refractivity (Wildman–Crippen MR) is 54.5 cm³/mol. The number of aromatic hydroxyl groups is 1. The first kappa shape index (κ1) is 10.3. The average molecular weight is 224 g/mol. The van der Waals surface area contributed by atoms with Crippen molar-refractivity contribution >= 4 is 5.88 Å². The first-order valence-corrected chi connectivity index (χ1v) is 4.41. The molecule has 3 N–H and O–H groups in total. The van der Waals surface area contributed by atoms with Crippen molar-refractivity contribution in [2.75, 3.05) is 12.8 Å². The molecule has 5 nitrogen and oxygen atoms in total. The minimum atomic E-state index is -0.826. The minimum Gasteiger partial charge on any atom is -0.502 e. The van der Waals surface area contributed by atoms with Gasteiger partial charge in [0.2, 0.25) is 5.88 Å². The highest BCUT2D eigenvalue weighted by Gasteiger charge is 2.16. The van der Waals surface area contributed by atoms with Gasteiger partial charge in [0.1, 0.15) is 5.69 Å². The van der Waals surface area contributed by atoms with E-state index in [2.05, 4.69) is 9.68 Å². The van der Waals surface area contributed by atoms with E-state index in [4.69, 9.17) is 10.5 Å². The van der Waals surface area contributed by atoms with Crippen LogP contribution >= 0.6 is 0 Å². The molecule has 0 fully saturated rings. The maximum Gasteiger partial charge on any atom is 0.222 e. The van der Waals surface area contributed by atoms with Crippen LogP contribution in [0.15, 0.2) is 22.7 Å². The van der Waals surface area contributed by atoms with E-state index < -0.39 is 11.6 Å². The lowest BCUT2D eigenvalue weighted by Crippen LogP contribution is -1.90. The Bertz CT molecular complexity index is 525. The van der Waals surface area contributed by atoms with Crippen molar-refractivity contribution in [3.63, 3.8) is 0 Å². The molecule has 0 aliphatic heterocycles. The van der Waals surface area contributed by atoms with Crippen LogP contribution in [0, 0.1) is 5.82 Å². The molecular formula is C10H9FN2O3. The van der Waals surface area contributed by atoms with Gasteiger partial charge in [0, 0.05) is 11.6 Å². The maximum atomic E-state index is 13.7. The monoisotopic (exact) mass is 224 g/mol. The summed E-state index contributed by atoms with van der Waals surface area (Å²) in [6.07, 6.45) is 0. The van der Waals surface area contributed by atoms with Gasteiger partial charge in [-0.3, -0.25) is 0 Å². The molecule has 0 aliphatic rings. The van der Waals surface area contributed by atoms with Crippen molar-refractivity contribution < 1.29 is 18.8 Å². The van der Waals surface area contributed by atoms with Gasteiger partial charge in [0.05, 0.1) is 7.11 Å². The highest BCUT2D eigenvalue weighted by atomic mass is 19.1. The Kier molecular flexibility index (Phi) is 2.40. The summed E-state index contributed by atoms with van der Waals surface area (Å²) in [7, 11) is 1.34. The van der Waals surface area contributed by atoms with Crippen LogP contribution in [0.5, 0.6) is 11.5 Å². The van der Waals surface area contributed by atoms with Crippen molar-refractivity contribution in [2.45, 2.75) is 0 Å². The molecular weight excluding hydrogens is 215 g/mol. The second-order valence-corrected chi connectivity index (χ2v) is 3.09. The molecule has 84 valence electrons. The van der Waals surface area contributed by atoms with Crippen LogP contribution in [-0.4, -0.2) is 17.4 Å². The number of anilines is 1. The largest absolute Gasteiger partial charge is 0.502 e. The van der Waals surface area contributed by atoms with Gasteiger partial charge in [-0.25, -0.2) is 4.39 Å². The standard InChI is InChI=1S/C10H9FN2O3/c1-15-7-3-2-5(9(11)10(7)14)6-4-8(12)16-13-6/h2-4,14H,12H2,1H3. The second-order valence-electron chi connectivity index (χ2n) is 3.09.